The molecule has 1 aromatic carbocycles. The van der Waals surface area contributed by atoms with Crippen molar-refractivity contribution in [2.24, 2.45) is 4.99 Å². The van der Waals surface area contributed by atoms with E-state index in [0.717, 1.165) is 5.56 Å². The summed E-state index contributed by atoms with van der Waals surface area (Å²) in [6.45, 7) is 8.54. The van der Waals surface area contributed by atoms with Crippen molar-refractivity contribution in [3.63, 3.8) is 0 Å². The molecule has 0 aliphatic rings. The molecule has 0 unspecified atom stereocenters. The van der Waals surface area contributed by atoms with Crippen LogP contribution in [0, 0.1) is 5.82 Å². The number of aliphatic hydroxyl groups excluding tert-OH is 1. The van der Waals surface area contributed by atoms with Crippen LogP contribution in [0.25, 0.3) is 0 Å². The van der Waals surface area contributed by atoms with Gasteiger partial charge in [0.25, 0.3) is 0 Å². The van der Waals surface area contributed by atoms with E-state index < -0.39 is 5.82 Å². The van der Waals surface area contributed by atoms with Gasteiger partial charge in [-0.3, -0.25) is 4.79 Å². The zero-order valence-corrected chi connectivity index (χ0v) is 18.4. The quantitative estimate of drug-likeness (QED) is 0.332. The number of rotatable bonds is 6. The van der Waals surface area contributed by atoms with E-state index >= 15 is 0 Å². The number of amides is 1. The minimum Gasteiger partial charge on any atom is -0.392 e. The van der Waals surface area contributed by atoms with Crippen molar-refractivity contribution in [3.05, 3.63) is 35.1 Å². The number of carbonyl (C=O) groups excluding carboxylic acids is 1. The predicted octanol–water partition coefficient (Wildman–Crippen LogP) is 2.25. The first-order valence-corrected chi connectivity index (χ1v) is 8.35. The fourth-order valence-corrected chi connectivity index (χ4v) is 2.23. The maximum Gasteiger partial charge on any atom is 0.240 e. The Kier molecular flexibility index (Phi) is 10.7. The molecule has 0 aromatic heterocycles. The molecule has 0 heterocycles. The highest BCUT2D eigenvalue weighted by molar-refractivity contribution is 14.0. The molecule has 1 aromatic rings. The molecule has 0 aliphatic heterocycles. The van der Waals surface area contributed by atoms with Gasteiger partial charge >= 0.3 is 0 Å². The number of halogens is 2. The van der Waals surface area contributed by atoms with Crippen LogP contribution in [0.3, 0.4) is 0 Å². The molecular weight excluding hydrogens is 450 g/mol. The number of aliphatic imine (C=N–C) groups is 1. The minimum atomic E-state index is -0.432. The van der Waals surface area contributed by atoms with E-state index in [1.165, 1.54) is 6.07 Å². The molecule has 0 radical (unpaired) electrons. The van der Waals surface area contributed by atoms with E-state index in [2.05, 4.69) is 15.6 Å². The van der Waals surface area contributed by atoms with Crippen LogP contribution in [0.4, 0.5) is 4.39 Å². The summed E-state index contributed by atoms with van der Waals surface area (Å²) in [4.78, 5) is 18.3. The molecule has 3 N–H and O–H groups in total. The van der Waals surface area contributed by atoms with Crippen LogP contribution in [0.1, 0.15) is 38.8 Å². The van der Waals surface area contributed by atoms with Gasteiger partial charge in [-0.05, 0) is 45.4 Å². The lowest BCUT2D eigenvalue weighted by molar-refractivity contribution is -0.122. The van der Waals surface area contributed by atoms with Crippen LogP contribution in [-0.2, 0) is 17.9 Å². The van der Waals surface area contributed by atoms with Gasteiger partial charge in [-0.25, -0.2) is 9.38 Å². The SMILES string of the molecule is CCNC(=NCc1ccc(F)c(CO)c1)N(C)CC(=O)NC(C)(C)C.I. The summed E-state index contributed by atoms with van der Waals surface area (Å²) in [5.74, 6) is 0.0597. The largest absolute Gasteiger partial charge is 0.392 e. The molecule has 148 valence electrons. The van der Waals surface area contributed by atoms with E-state index in [9.17, 15) is 9.18 Å². The topological polar surface area (TPSA) is 77.0 Å². The van der Waals surface area contributed by atoms with E-state index in [4.69, 9.17) is 5.11 Å². The fourth-order valence-electron chi connectivity index (χ4n) is 2.23. The highest BCUT2D eigenvalue weighted by atomic mass is 127. The Morgan fingerprint density at radius 2 is 2.00 bits per heavy atom. The van der Waals surface area contributed by atoms with Crippen molar-refractivity contribution in [3.8, 4) is 0 Å². The van der Waals surface area contributed by atoms with Crippen molar-refractivity contribution >= 4 is 35.8 Å². The average Bonchev–Trinajstić information content (AvgIpc) is 2.50. The Balaban J connectivity index is 0.00000625. The van der Waals surface area contributed by atoms with Crippen molar-refractivity contribution in [1.82, 2.24) is 15.5 Å². The number of nitrogens with zero attached hydrogens (tertiary/aromatic N) is 2. The first-order chi connectivity index (χ1) is 11.7. The molecule has 0 aliphatic carbocycles. The molecule has 0 bridgehead atoms. The van der Waals surface area contributed by atoms with Gasteiger partial charge in [0.2, 0.25) is 5.91 Å². The molecule has 0 atom stereocenters. The second kappa shape index (κ2) is 11.3. The van der Waals surface area contributed by atoms with E-state index in [0.29, 0.717) is 19.0 Å². The van der Waals surface area contributed by atoms with Gasteiger partial charge in [-0.2, -0.15) is 0 Å². The maximum absolute atomic E-state index is 13.4. The first kappa shape index (κ1) is 24.6. The Morgan fingerprint density at radius 1 is 1.35 bits per heavy atom. The molecular formula is C18H30FIN4O2. The van der Waals surface area contributed by atoms with Gasteiger partial charge in [-0.1, -0.05) is 6.07 Å². The Morgan fingerprint density at radius 3 is 2.54 bits per heavy atom. The molecule has 26 heavy (non-hydrogen) atoms. The van der Waals surface area contributed by atoms with Crippen LogP contribution in [0.2, 0.25) is 0 Å². The van der Waals surface area contributed by atoms with Crippen LogP contribution < -0.4 is 10.6 Å². The Labute approximate surface area is 172 Å². The van der Waals surface area contributed by atoms with Crippen molar-refractivity contribution in [1.29, 1.82) is 0 Å². The fraction of sp³-hybridized carbons (Fsp3) is 0.556. The van der Waals surface area contributed by atoms with Gasteiger partial charge in [0.1, 0.15) is 5.82 Å². The molecule has 6 nitrogen and oxygen atoms in total. The summed E-state index contributed by atoms with van der Waals surface area (Å²) in [5, 5.41) is 15.2. The van der Waals surface area contributed by atoms with Crippen molar-refractivity contribution in [2.45, 2.75) is 46.4 Å². The van der Waals surface area contributed by atoms with Crippen LogP contribution in [0.5, 0.6) is 0 Å². The predicted molar refractivity (Wildman–Crippen MR) is 113 cm³/mol. The lowest BCUT2D eigenvalue weighted by Gasteiger charge is -2.25. The first-order valence-electron chi connectivity index (χ1n) is 8.35. The average molecular weight is 480 g/mol. The lowest BCUT2D eigenvalue weighted by atomic mass is 10.1. The van der Waals surface area contributed by atoms with Gasteiger partial charge in [0, 0.05) is 24.7 Å². The summed E-state index contributed by atoms with van der Waals surface area (Å²) in [7, 11) is 1.79. The van der Waals surface area contributed by atoms with Gasteiger partial charge in [-0.15, -0.1) is 24.0 Å². The second-order valence-corrected chi connectivity index (χ2v) is 6.91. The zero-order chi connectivity index (χ0) is 19.0. The third-order valence-corrected chi connectivity index (χ3v) is 3.28. The number of carbonyl (C=O) groups is 1. The summed E-state index contributed by atoms with van der Waals surface area (Å²) < 4.78 is 13.4. The number of guanidine groups is 1. The maximum atomic E-state index is 13.4. The van der Waals surface area contributed by atoms with Gasteiger partial charge in [0.05, 0.1) is 19.7 Å². The minimum absolute atomic E-state index is 0. The van der Waals surface area contributed by atoms with E-state index in [-0.39, 0.29) is 54.1 Å². The number of benzene rings is 1. The van der Waals surface area contributed by atoms with Crippen LogP contribution in [0.15, 0.2) is 23.2 Å². The van der Waals surface area contributed by atoms with E-state index in [1.807, 2.05) is 27.7 Å². The van der Waals surface area contributed by atoms with Crippen molar-refractivity contribution in [2.75, 3.05) is 20.1 Å². The van der Waals surface area contributed by atoms with Gasteiger partial charge in [0.15, 0.2) is 5.96 Å². The molecule has 0 saturated heterocycles. The highest BCUT2D eigenvalue weighted by Crippen LogP contribution is 2.11. The third-order valence-electron chi connectivity index (χ3n) is 3.28. The Hall–Kier alpha value is -1.42. The third kappa shape index (κ3) is 8.79. The smallest absolute Gasteiger partial charge is 0.240 e. The summed E-state index contributed by atoms with van der Waals surface area (Å²) >= 11 is 0. The summed E-state index contributed by atoms with van der Waals surface area (Å²) in [6, 6.07) is 4.55. The number of likely N-dealkylation sites (N-methyl/N-ethyl adjacent to an activating group) is 1. The number of hydrogen-bond donors (Lipinski definition) is 3. The molecule has 1 amide bonds. The zero-order valence-electron chi connectivity index (χ0n) is 16.1. The van der Waals surface area contributed by atoms with Crippen molar-refractivity contribution < 1.29 is 14.3 Å². The normalized spacial score (nSPS) is 11.6. The van der Waals surface area contributed by atoms with Crippen LogP contribution >= 0.6 is 24.0 Å². The standard InChI is InChI=1S/C18H29FN4O2.HI/c1-6-20-17(23(5)11-16(25)22-18(2,3)4)21-10-13-7-8-15(19)14(9-13)12-24;/h7-9,24H,6,10-12H2,1-5H3,(H,20,21)(H,22,25);1H. The lowest BCUT2D eigenvalue weighted by Crippen LogP contribution is -2.48. The monoisotopic (exact) mass is 480 g/mol. The highest BCUT2D eigenvalue weighted by Gasteiger charge is 2.16. The Bertz CT molecular complexity index is 618. The molecule has 0 spiro atoms. The summed E-state index contributed by atoms with van der Waals surface area (Å²) in [6.07, 6.45) is 0. The molecule has 0 fully saturated rings. The van der Waals surface area contributed by atoms with Gasteiger partial charge < -0.3 is 20.6 Å². The molecule has 1 rings (SSSR count). The molecule has 8 heteroatoms. The number of aliphatic hydroxyl groups is 1. The second-order valence-electron chi connectivity index (χ2n) is 6.91. The van der Waals surface area contributed by atoms with E-state index in [1.54, 1.807) is 24.1 Å². The molecule has 0 saturated carbocycles. The summed E-state index contributed by atoms with van der Waals surface area (Å²) in [5.41, 5.74) is 0.742. The number of hydrogen-bond acceptors (Lipinski definition) is 3. The number of nitrogens with one attached hydrogen (secondary N) is 2. The van der Waals surface area contributed by atoms with Crippen LogP contribution in [-0.4, -0.2) is 47.5 Å².